The van der Waals surface area contributed by atoms with E-state index in [4.69, 9.17) is 18.9 Å². The third-order valence-corrected chi connectivity index (χ3v) is 16.1. The molecule has 0 spiro atoms. The van der Waals surface area contributed by atoms with E-state index in [9.17, 15) is 38.4 Å². The van der Waals surface area contributed by atoms with Crippen molar-refractivity contribution in [1.82, 2.24) is 40.9 Å². The Bertz CT molecular complexity index is 2600. The molecule has 84 heavy (non-hydrogen) atoms. The number of ether oxygens (including phenoxy) is 4. The van der Waals surface area contributed by atoms with Crippen LogP contribution in [0.15, 0.2) is 48.5 Å². The van der Waals surface area contributed by atoms with Crippen molar-refractivity contribution in [3.63, 3.8) is 0 Å². The molecular formula is C64H94N8O12. The summed E-state index contributed by atoms with van der Waals surface area (Å²) >= 11 is 0. The van der Waals surface area contributed by atoms with Crippen molar-refractivity contribution in [3.05, 3.63) is 70.8 Å². The Morgan fingerprint density at radius 3 is 1.24 bits per heavy atom. The highest BCUT2D eigenvalue weighted by Crippen LogP contribution is 2.34. The first-order chi connectivity index (χ1) is 39.1. The normalized spacial score (nSPS) is 22.0. The van der Waals surface area contributed by atoms with Crippen molar-refractivity contribution < 1.29 is 57.3 Å². The summed E-state index contributed by atoms with van der Waals surface area (Å²) in [7, 11) is 2.92. The number of likely N-dealkylation sites (tertiary alicyclic amines) is 2. The highest BCUT2D eigenvalue weighted by atomic mass is 16.6. The van der Waals surface area contributed by atoms with Crippen LogP contribution >= 0.6 is 0 Å². The molecule has 0 bridgehead atoms. The molecule has 2 heterocycles. The van der Waals surface area contributed by atoms with Crippen LogP contribution in [0.3, 0.4) is 0 Å². The van der Waals surface area contributed by atoms with Gasteiger partial charge in [0.15, 0.2) is 0 Å². The lowest BCUT2D eigenvalue weighted by Crippen LogP contribution is -2.60. The molecule has 462 valence electrons. The maximum Gasteiger partial charge on any atom is 0.410 e. The van der Waals surface area contributed by atoms with Crippen molar-refractivity contribution >= 4 is 47.6 Å². The maximum atomic E-state index is 14.9. The molecule has 20 nitrogen and oxygen atoms in total. The predicted octanol–water partition coefficient (Wildman–Crippen LogP) is 6.92. The van der Waals surface area contributed by atoms with Gasteiger partial charge in [0.1, 0.15) is 60.7 Å². The molecule has 2 saturated heterocycles. The van der Waals surface area contributed by atoms with E-state index in [1.807, 2.05) is 77.9 Å². The molecule has 0 aromatic heterocycles. The molecule has 2 fully saturated rings. The number of amides is 8. The average Bonchev–Trinajstić information content (AvgIpc) is 2.57. The number of hydrogen-bond acceptors (Lipinski definition) is 12. The topological polar surface area (TPSA) is 235 Å². The number of nitrogens with one attached hydrogen (secondary N) is 4. The van der Waals surface area contributed by atoms with Crippen molar-refractivity contribution in [2.24, 2.45) is 10.8 Å². The molecule has 8 amide bonds. The van der Waals surface area contributed by atoms with Gasteiger partial charge in [0.25, 0.3) is 0 Å². The minimum Gasteiger partial charge on any atom is -0.444 e. The zero-order chi connectivity index (χ0) is 62.2. The van der Waals surface area contributed by atoms with E-state index in [-0.39, 0.29) is 63.0 Å². The number of likely N-dealkylation sites (N-methyl/N-ethyl adjacent to an activating group) is 2. The number of carbonyl (C=O) groups is 8. The quantitative estimate of drug-likeness (QED) is 0.125. The van der Waals surface area contributed by atoms with E-state index in [1.54, 1.807) is 55.4 Å². The van der Waals surface area contributed by atoms with Crippen LogP contribution in [0.2, 0.25) is 0 Å². The number of nitrogens with zero attached hydrogens (tertiary/aromatic N) is 4. The van der Waals surface area contributed by atoms with E-state index < -0.39 is 106 Å². The van der Waals surface area contributed by atoms with Gasteiger partial charge in [-0.15, -0.1) is 0 Å². The third kappa shape index (κ3) is 17.5. The van der Waals surface area contributed by atoms with E-state index in [0.29, 0.717) is 0 Å². The molecule has 0 saturated carbocycles. The number of benzene rings is 2. The number of carbonyl (C=O) groups excluding carboxylic acids is 8. The van der Waals surface area contributed by atoms with Gasteiger partial charge in [0.2, 0.25) is 35.4 Å². The highest BCUT2D eigenvalue weighted by Gasteiger charge is 2.48. The van der Waals surface area contributed by atoms with Crippen molar-refractivity contribution in [2.45, 2.75) is 220 Å². The Morgan fingerprint density at radius 1 is 0.560 bits per heavy atom. The molecule has 2 aliphatic carbocycles. The molecule has 2 aliphatic heterocycles. The van der Waals surface area contributed by atoms with Gasteiger partial charge in [-0.05, 0) is 127 Å². The van der Waals surface area contributed by atoms with Crippen LogP contribution in [0.25, 0.3) is 0 Å². The van der Waals surface area contributed by atoms with Gasteiger partial charge in [-0.2, -0.15) is 0 Å². The molecule has 0 unspecified atom stereocenters. The Hall–Kier alpha value is -6.72. The largest absolute Gasteiger partial charge is 0.444 e. The molecule has 2 aromatic carbocycles. The van der Waals surface area contributed by atoms with Crippen molar-refractivity contribution in [2.75, 3.05) is 40.4 Å². The minimum atomic E-state index is -1.10. The van der Waals surface area contributed by atoms with Crippen molar-refractivity contribution in [1.29, 1.82) is 0 Å². The molecule has 20 heteroatoms. The Kier molecular flexibility index (Phi) is 21.8. The van der Waals surface area contributed by atoms with Gasteiger partial charge in [-0.3, -0.25) is 38.6 Å². The summed E-state index contributed by atoms with van der Waals surface area (Å²) in [5.74, 6) is 3.22. The van der Waals surface area contributed by atoms with Gasteiger partial charge in [-0.25, -0.2) is 9.59 Å². The summed E-state index contributed by atoms with van der Waals surface area (Å²) in [4.78, 5) is 118. The second-order valence-electron chi connectivity index (χ2n) is 27.2. The summed E-state index contributed by atoms with van der Waals surface area (Å²) in [6, 6.07) is 9.41. The van der Waals surface area contributed by atoms with Crippen molar-refractivity contribution in [3.8, 4) is 11.8 Å². The molecule has 0 radical (unpaired) electrons. The van der Waals surface area contributed by atoms with Crippen LogP contribution in [-0.2, 0) is 60.6 Å². The SMILES string of the molecule is C[C@@H](C(=O)N[C@H](C(=O)N1C[C@@H](OCC#CCO[C@H]2C[C@@H](C(=O)N[C@@H]3CCCc4ccccc43)N(C(=O)[C@@H](NC(=O)[C@H](C)N(C)C(=O)OC(C)(C)C)C(C)(C)C)C2)C[C@H]1C(=O)N[C@@H]1CCCc2ccccc21)C(C)(C)C)N(C)C(=O)OC(C)(C)C. The van der Waals surface area contributed by atoms with Gasteiger partial charge < -0.3 is 50.0 Å². The van der Waals surface area contributed by atoms with Crippen LogP contribution in [0.4, 0.5) is 9.59 Å². The van der Waals surface area contributed by atoms with Crippen LogP contribution in [0, 0.1) is 22.7 Å². The zero-order valence-electron chi connectivity index (χ0n) is 52.6. The first-order valence-electron chi connectivity index (χ1n) is 29.7. The summed E-state index contributed by atoms with van der Waals surface area (Å²) in [5, 5.41) is 12.3. The third-order valence-electron chi connectivity index (χ3n) is 16.1. The number of hydrogen-bond donors (Lipinski definition) is 4. The number of rotatable bonds is 16. The summed E-state index contributed by atoms with van der Waals surface area (Å²) in [5.41, 5.74) is 1.15. The average molecular weight is 1170 g/mol. The lowest BCUT2D eigenvalue weighted by atomic mass is 9.85. The first kappa shape index (κ1) is 66.4. The fraction of sp³-hybridized carbons (Fsp3) is 0.656. The fourth-order valence-corrected chi connectivity index (χ4v) is 11.1. The van der Waals surface area contributed by atoms with E-state index in [1.165, 1.54) is 33.7 Å². The van der Waals surface area contributed by atoms with Gasteiger partial charge in [-0.1, -0.05) is 102 Å². The van der Waals surface area contributed by atoms with E-state index >= 15 is 0 Å². The van der Waals surface area contributed by atoms with E-state index in [2.05, 4.69) is 45.2 Å². The van der Waals surface area contributed by atoms with Crippen LogP contribution in [0.5, 0.6) is 0 Å². The van der Waals surface area contributed by atoms with Gasteiger partial charge >= 0.3 is 12.2 Å². The second kappa shape index (κ2) is 27.5. The number of fused-ring (bicyclic) bond motifs is 2. The molecule has 10 atom stereocenters. The van der Waals surface area contributed by atoms with E-state index in [0.717, 1.165) is 60.8 Å². The standard InChI is InChI=1S/C64H94N8O12/c1-39(69(15)59(79)83-63(9,10)11)53(73)67-51(61(3,4)5)57(77)71-37-43(35-49(71)55(75)65-47-31-23-27-41-25-17-19-29-45(41)47)81-33-21-22-34-82-44-36-50(56(76)66-48-32-24-28-42-26-18-20-30-46(42)48)72(38-44)58(78)52(62(6,7)8)68-54(74)40(2)70(16)60(80)84-64(12,13)14/h17-20,25-26,29-30,39-40,43-44,47-52H,23-24,27-28,31-38H2,1-16H3,(H,65,75)(H,66,76)(H,67,73)(H,68,74)/t39-,40-,43-,44-,47+,48+,49-,50-,51+,52+/m0/s1. The predicted molar refractivity (Wildman–Crippen MR) is 318 cm³/mol. The lowest BCUT2D eigenvalue weighted by Gasteiger charge is -2.37. The Labute approximate surface area is 497 Å². The first-order valence-corrected chi connectivity index (χ1v) is 29.7. The Balaban J connectivity index is 1.16. The second-order valence-corrected chi connectivity index (χ2v) is 27.2. The smallest absolute Gasteiger partial charge is 0.410 e. The van der Waals surface area contributed by atoms with Crippen LogP contribution in [-0.4, -0.2) is 167 Å². The molecule has 4 N–H and O–H groups in total. The zero-order valence-corrected chi connectivity index (χ0v) is 52.6. The lowest BCUT2D eigenvalue weighted by molar-refractivity contribution is -0.144. The highest BCUT2D eigenvalue weighted by molar-refractivity contribution is 5.96. The fourth-order valence-electron chi connectivity index (χ4n) is 11.1. The molecule has 6 rings (SSSR count). The van der Waals surface area contributed by atoms with Crippen LogP contribution in [0.1, 0.15) is 170 Å². The minimum absolute atomic E-state index is 0.0311. The summed E-state index contributed by atoms with van der Waals surface area (Å²) < 4.78 is 23.6. The summed E-state index contributed by atoms with van der Waals surface area (Å²) in [6.07, 6.45) is 2.72. The molecule has 4 aliphatic rings. The van der Waals surface area contributed by atoms with Crippen LogP contribution < -0.4 is 21.3 Å². The summed E-state index contributed by atoms with van der Waals surface area (Å²) in [6.45, 7) is 24.3. The maximum absolute atomic E-state index is 14.9. The van der Waals surface area contributed by atoms with Gasteiger partial charge in [0, 0.05) is 40.0 Å². The monoisotopic (exact) mass is 1170 g/mol. The molecule has 2 aromatic rings. The Morgan fingerprint density at radius 2 is 0.905 bits per heavy atom. The number of aryl methyl sites for hydroxylation is 2. The molecular weight excluding hydrogens is 1070 g/mol. The van der Waals surface area contributed by atoms with Gasteiger partial charge in [0.05, 0.1) is 24.3 Å².